The first-order chi connectivity index (χ1) is 12.3. The van der Waals surface area contributed by atoms with Gasteiger partial charge < -0.3 is 9.47 Å². The van der Waals surface area contributed by atoms with E-state index < -0.39 is 0 Å². The van der Waals surface area contributed by atoms with Gasteiger partial charge in [0.25, 0.3) is 0 Å². The zero-order valence-corrected chi connectivity index (χ0v) is 14.3. The van der Waals surface area contributed by atoms with Crippen molar-refractivity contribution in [3.63, 3.8) is 0 Å². The molecule has 2 heterocycles. The standard InChI is InChI=1S/C21H23N3O/c25-21(14-17-6-2-1-3-7-17)23-12-10-18(11-13-23)15-24-16-22-19-8-4-5-9-20(19)24/h1-9,16,18H,10-15H2. The van der Waals surface area contributed by atoms with Gasteiger partial charge in [-0.15, -0.1) is 0 Å². The van der Waals surface area contributed by atoms with Crippen molar-refractivity contribution in [1.82, 2.24) is 14.5 Å². The Morgan fingerprint density at radius 2 is 1.72 bits per heavy atom. The Balaban J connectivity index is 1.33. The molecule has 1 aliphatic heterocycles. The first-order valence-electron chi connectivity index (χ1n) is 9.01. The van der Waals surface area contributed by atoms with Crippen molar-refractivity contribution >= 4 is 16.9 Å². The van der Waals surface area contributed by atoms with Crippen LogP contribution >= 0.6 is 0 Å². The number of carbonyl (C=O) groups is 1. The quantitative estimate of drug-likeness (QED) is 0.733. The van der Waals surface area contributed by atoms with E-state index in [0.29, 0.717) is 12.3 Å². The molecule has 1 fully saturated rings. The summed E-state index contributed by atoms with van der Waals surface area (Å²) in [4.78, 5) is 19.0. The van der Waals surface area contributed by atoms with Crippen molar-refractivity contribution in [1.29, 1.82) is 0 Å². The first kappa shape index (κ1) is 15.9. The number of benzene rings is 2. The molecule has 0 bridgehead atoms. The highest BCUT2D eigenvalue weighted by Gasteiger charge is 2.23. The summed E-state index contributed by atoms with van der Waals surface area (Å²) in [6.45, 7) is 2.72. The van der Waals surface area contributed by atoms with Crippen molar-refractivity contribution in [2.24, 2.45) is 5.92 Å². The monoisotopic (exact) mass is 333 g/mol. The minimum absolute atomic E-state index is 0.248. The molecule has 4 rings (SSSR count). The zero-order chi connectivity index (χ0) is 17.1. The molecule has 128 valence electrons. The van der Waals surface area contributed by atoms with E-state index >= 15 is 0 Å². The van der Waals surface area contributed by atoms with E-state index in [0.717, 1.165) is 43.6 Å². The third-order valence-electron chi connectivity index (χ3n) is 5.15. The summed E-state index contributed by atoms with van der Waals surface area (Å²) in [5.74, 6) is 0.858. The minimum Gasteiger partial charge on any atom is -0.342 e. The van der Waals surface area contributed by atoms with Crippen LogP contribution in [0.2, 0.25) is 0 Å². The molecule has 0 N–H and O–H groups in total. The molecule has 1 amide bonds. The van der Waals surface area contributed by atoms with Gasteiger partial charge in [0.1, 0.15) is 0 Å². The number of fused-ring (bicyclic) bond motifs is 1. The maximum Gasteiger partial charge on any atom is 0.226 e. The lowest BCUT2D eigenvalue weighted by Crippen LogP contribution is -2.40. The van der Waals surface area contributed by atoms with E-state index in [1.165, 1.54) is 5.52 Å². The number of hydrogen-bond acceptors (Lipinski definition) is 2. The molecule has 0 spiro atoms. The van der Waals surface area contributed by atoms with Gasteiger partial charge in [-0.25, -0.2) is 4.98 Å². The van der Waals surface area contributed by atoms with E-state index in [1.54, 1.807) is 0 Å². The molecule has 0 aliphatic carbocycles. The predicted molar refractivity (Wildman–Crippen MR) is 99.2 cm³/mol. The van der Waals surface area contributed by atoms with Crippen LogP contribution in [0.25, 0.3) is 11.0 Å². The van der Waals surface area contributed by atoms with Gasteiger partial charge in [0.15, 0.2) is 0 Å². The number of hydrogen-bond donors (Lipinski definition) is 0. The van der Waals surface area contributed by atoms with Crippen LogP contribution in [0.1, 0.15) is 18.4 Å². The van der Waals surface area contributed by atoms with Gasteiger partial charge in [0, 0.05) is 19.6 Å². The Labute approximate surface area is 148 Å². The van der Waals surface area contributed by atoms with Crippen molar-refractivity contribution in [2.75, 3.05) is 13.1 Å². The molecular weight excluding hydrogens is 310 g/mol. The predicted octanol–water partition coefficient (Wildman–Crippen LogP) is 3.52. The Kier molecular flexibility index (Phi) is 4.51. The average Bonchev–Trinajstić information content (AvgIpc) is 3.06. The largest absolute Gasteiger partial charge is 0.342 e. The zero-order valence-electron chi connectivity index (χ0n) is 14.3. The highest BCUT2D eigenvalue weighted by molar-refractivity contribution is 5.78. The van der Waals surface area contributed by atoms with Gasteiger partial charge in [-0.1, -0.05) is 42.5 Å². The minimum atomic E-state index is 0.248. The first-order valence-corrected chi connectivity index (χ1v) is 9.01. The molecular formula is C21H23N3O. The summed E-state index contributed by atoms with van der Waals surface area (Å²) >= 11 is 0. The summed E-state index contributed by atoms with van der Waals surface area (Å²) < 4.78 is 2.25. The van der Waals surface area contributed by atoms with Crippen LogP contribution in [0.5, 0.6) is 0 Å². The SMILES string of the molecule is O=C(Cc1ccccc1)N1CCC(Cn2cnc3ccccc32)CC1. The fourth-order valence-electron chi connectivity index (χ4n) is 3.68. The van der Waals surface area contributed by atoms with E-state index in [1.807, 2.05) is 47.6 Å². The van der Waals surface area contributed by atoms with E-state index in [-0.39, 0.29) is 5.91 Å². The smallest absolute Gasteiger partial charge is 0.226 e. The van der Waals surface area contributed by atoms with Crippen molar-refractivity contribution in [3.05, 3.63) is 66.5 Å². The highest BCUT2D eigenvalue weighted by atomic mass is 16.2. The third kappa shape index (κ3) is 3.58. The Bertz CT molecular complexity index is 848. The van der Waals surface area contributed by atoms with Gasteiger partial charge in [0.05, 0.1) is 23.8 Å². The Morgan fingerprint density at radius 3 is 2.52 bits per heavy atom. The van der Waals surface area contributed by atoms with Crippen LogP contribution in [-0.4, -0.2) is 33.4 Å². The highest BCUT2D eigenvalue weighted by Crippen LogP contribution is 2.22. The van der Waals surface area contributed by atoms with E-state index in [2.05, 4.69) is 27.8 Å². The molecule has 0 saturated carbocycles. The molecule has 1 aromatic heterocycles. The number of amides is 1. The van der Waals surface area contributed by atoms with Crippen LogP contribution in [0, 0.1) is 5.92 Å². The van der Waals surface area contributed by atoms with Crippen LogP contribution < -0.4 is 0 Å². The molecule has 2 aromatic carbocycles. The number of likely N-dealkylation sites (tertiary alicyclic amines) is 1. The summed E-state index contributed by atoms with van der Waals surface area (Å²) in [7, 11) is 0. The van der Waals surface area contributed by atoms with E-state index in [4.69, 9.17) is 0 Å². The molecule has 4 heteroatoms. The second-order valence-corrected chi connectivity index (χ2v) is 6.87. The summed E-state index contributed by atoms with van der Waals surface area (Å²) in [5.41, 5.74) is 3.35. The van der Waals surface area contributed by atoms with Gasteiger partial charge in [0.2, 0.25) is 5.91 Å². The lowest BCUT2D eigenvalue weighted by Gasteiger charge is -2.32. The van der Waals surface area contributed by atoms with Gasteiger partial charge >= 0.3 is 0 Å². The van der Waals surface area contributed by atoms with Crippen LogP contribution in [-0.2, 0) is 17.8 Å². The topological polar surface area (TPSA) is 38.1 Å². The lowest BCUT2D eigenvalue weighted by atomic mass is 9.96. The van der Waals surface area contributed by atoms with Gasteiger partial charge in [-0.3, -0.25) is 4.79 Å². The molecule has 3 aromatic rings. The second-order valence-electron chi connectivity index (χ2n) is 6.87. The average molecular weight is 333 g/mol. The Hall–Kier alpha value is -2.62. The molecule has 25 heavy (non-hydrogen) atoms. The van der Waals surface area contributed by atoms with Crippen LogP contribution in [0.3, 0.4) is 0 Å². The number of piperidine rings is 1. The molecule has 1 saturated heterocycles. The molecule has 0 radical (unpaired) electrons. The van der Waals surface area contributed by atoms with E-state index in [9.17, 15) is 4.79 Å². The summed E-state index contributed by atoms with van der Waals surface area (Å²) in [6, 6.07) is 18.3. The maximum atomic E-state index is 12.5. The number of para-hydroxylation sites is 2. The fraction of sp³-hybridized carbons (Fsp3) is 0.333. The summed E-state index contributed by atoms with van der Waals surface area (Å²) in [6.07, 6.45) is 4.58. The fourth-order valence-corrected chi connectivity index (χ4v) is 3.68. The number of imidazole rings is 1. The summed E-state index contributed by atoms with van der Waals surface area (Å²) in [5, 5.41) is 0. The number of rotatable bonds is 4. The number of aromatic nitrogens is 2. The number of nitrogens with zero attached hydrogens (tertiary/aromatic N) is 3. The Morgan fingerprint density at radius 1 is 1.00 bits per heavy atom. The third-order valence-corrected chi connectivity index (χ3v) is 5.15. The van der Waals surface area contributed by atoms with Crippen LogP contribution in [0.4, 0.5) is 0 Å². The second kappa shape index (κ2) is 7.09. The van der Waals surface area contributed by atoms with Crippen molar-refractivity contribution in [3.8, 4) is 0 Å². The van der Waals surface area contributed by atoms with Crippen molar-refractivity contribution in [2.45, 2.75) is 25.8 Å². The maximum absolute atomic E-state index is 12.5. The molecule has 0 unspecified atom stereocenters. The molecule has 0 atom stereocenters. The van der Waals surface area contributed by atoms with Crippen molar-refractivity contribution < 1.29 is 4.79 Å². The number of carbonyl (C=O) groups excluding carboxylic acids is 1. The lowest BCUT2D eigenvalue weighted by molar-refractivity contribution is -0.131. The molecule has 1 aliphatic rings. The molecule has 4 nitrogen and oxygen atoms in total. The normalized spacial score (nSPS) is 15.6. The van der Waals surface area contributed by atoms with Gasteiger partial charge in [-0.2, -0.15) is 0 Å². The van der Waals surface area contributed by atoms with Gasteiger partial charge in [-0.05, 0) is 36.5 Å². The van der Waals surface area contributed by atoms with Crippen LogP contribution in [0.15, 0.2) is 60.9 Å².